The van der Waals surface area contributed by atoms with E-state index in [1.807, 2.05) is 18.2 Å². The van der Waals surface area contributed by atoms with Crippen LogP contribution >= 0.6 is 0 Å². The Bertz CT molecular complexity index is 765. The van der Waals surface area contributed by atoms with Crippen LogP contribution < -0.4 is 5.32 Å². The number of hydrogen-bond donors (Lipinski definition) is 2. The molecule has 3 heteroatoms. The summed E-state index contributed by atoms with van der Waals surface area (Å²) in [6, 6.07) is 20.8. The lowest BCUT2D eigenvalue weighted by atomic mass is 10.0. The van der Waals surface area contributed by atoms with Crippen molar-refractivity contribution in [2.24, 2.45) is 0 Å². The molecule has 0 amide bonds. The molecule has 0 saturated carbocycles. The van der Waals surface area contributed by atoms with Crippen LogP contribution in [0.15, 0.2) is 66.7 Å². The Morgan fingerprint density at radius 2 is 1.65 bits per heavy atom. The van der Waals surface area contributed by atoms with Crippen molar-refractivity contribution >= 4 is 10.8 Å². The fourth-order valence-corrected chi connectivity index (χ4v) is 2.78. The van der Waals surface area contributed by atoms with Crippen molar-refractivity contribution in [3.8, 4) is 0 Å². The number of benzene rings is 3. The van der Waals surface area contributed by atoms with Gasteiger partial charge in [0.25, 0.3) is 0 Å². The monoisotopic (exact) mass is 309 g/mol. The van der Waals surface area contributed by atoms with Gasteiger partial charge in [0.1, 0.15) is 5.82 Å². The number of nitrogens with one attached hydrogen (secondary N) is 1. The molecule has 2 nitrogen and oxygen atoms in total. The highest BCUT2D eigenvalue weighted by atomic mass is 19.1. The smallest absolute Gasteiger partial charge is 0.123 e. The van der Waals surface area contributed by atoms with Gasteiger partial charge in [0.15, 0.2) is 0 Å². The number of aliphatic hydroxyl groups excluding tert-OH is 1. The molecule has 0 radical (unpaired) electrons. The normalized spacial score (nSPS) is 12.4. The van der Waals surface area contributed by atoms with Gasteiger partial charge in [-0.25, -0.2) is 4.39 Å². The summed E-state index contributed by atoms with van der Waals surface area (Å²) >= 11 is 0. The first kappa shape index (κ1) is 15.7. The van der Waals surface area contributed by atoms with Crippen molar-refractivity contribution in [3.05, 3.63) is 83.7 Å². The molecule has 0 fully saturated rings. The molecule has 3 rings (SSSR count). The van der Waals surface area contributed by atoms with Crippen LogP contribution in [0.5, 0.6) is 0 Å². The third-order valence-electron chi connectivity index (χ3n) is 3.96. The molecule has 23 heavy (non-hydrogen) atoms. The third kappa shape index (κ3) is 4.15. The number of aliphatic hydroxyl groups is 1. The van der Waals surface area contributed by atoms with E-state index >= 15 is 0 Å². The molecule has 0 heterocycles. The van der Waals surface area contributed by atoms with Crippen molar-refractivity contribution in [1.82, 2.24) is 5.32 Å². The Hall–Kier alpha value is -2.23. The molecule has 0 saturated heterocycles. The first-order chi connectivity index (χ1) is 11.2. The van der Waals surface area contributed by atoms with Gasteiger partial charge in [-0.3, -0.25) is 0 Å². The first-order valence-corrected chi connectivity index (χ1v) is 7.82. The lowest BCUT2D eigenvalue weighted by Crippen LogP contribution is -2.28. The summed E-state index contributed by atoms with van der Waals surface area (Å²) in [6.45, 7) is 1.21. The van der Waals surface area contributed by atoms with E-state index in [9.17, 15) is 9.50 Å². The topological polar surface area (TPSA) is 32.3 Å². The van der Waals surface area contributed by atoms with Gasteiger partial charge in [0.2, 0.25) is 0 Å². The molecule has 0 aliphatic carbocycles. The second-order valence-corrected chi connectivity index (χ2v) is 5.75. The first-order valence-electron chi connectivity index (χ1n) is 7.82. The highest BCUT2D eigenvalue weighted by molar-refractivity contribution is 5.85. The van der Waals surface area contributed by atoms with E-state index in [2.05, 4.69) is 29.6 Å². The Morgan fingerprint density at radius 3 is 2.48 bits per heavy atom. The van der Waals surface area contributed by atoms with Crippen LogP contribution in [0.4, 0.5) is 4.39 Å². The molecular formula is C20H20FNO. The zero-order valence-corrected chi connectivity index (χ0v) is 12.9. The minimum Gasteiger partial charge on any atom is -0.391 e. The van der Waals surface area contributed by atoms with Crippen molar-refractivity contribution in [3.63, 3.8) is 0 Å². The summed E-state index contributed by atoms with van der Waals surface area (Å²) in [5.41, 5.74) is 2.16. The van der Waals surface area contributed by atoms with Crippen molar-refractivity contribution < 1.29 is 9.50 Å². The number of fused-ring (bicyclic) bond motifs is 1. The van der Waals surface area contributed by atoms with Gasteiger partial charge in [0, 0.05) is 13.1 Å². The highest BCUT2D eigenvalue weighted by Crippen LogP contribution is 2.18. The molecule has 3 aromatic carbocycles. The molecule has 0 spiro atoms. The standard InChI is InChI=1S/C20H20FNO/c21-18-10-8-15(9-11-18)12-19(23)14-22-13-17-6-3-5-16-4-1-2-7-20(16)17/h1-11,19,22-23H,12-14H2. The van der Waals surface area contributed by atoms with Gasteiger partial charge < -0.3 is 10.4 Å². The fraction of sp³-hybridized carbons (Fsp3) is 0.200. The minimum atomic E-state index is -0.490. The molecule has 0 aromatic heterocycles. The minimum absolute atomic E-state index is 0.252. The van der Waals surface area contributed by atoms with Crippen molar-refractivity contribution in [1.29, 1.82) is 0 Å². The van der Waals surface area contributed by atoms with E-state index in [4.69, 9.17) is 0 Å². The van der Waals surface area contributed by atoms with Crippen LogP contribution in [0, 0.1) is 5.82 Å². The molecule has 2 N–H and O–H groups in total. The van der Waals surface area contributed by atoms with E-state index in [0.29, 0.717) is 19.5 Å². The van der Waals surface area contributed by atoms with Crippen molar-refractivity contribution in [2.75, 3.05) is 6.54 Å². The van der Waals surface area contributed by atoms with E-state index in [-0.39, 0.29) is 5.82 Å². The molecule has 0 bridgehead atoms. The van der Waals surface area contributed by atoms with Crippen molar-refractivity contribution in [2.45, 2.75) is 19.1 Å². The zero-order valence-electron chi connectivity index (χ0n) is 12.9. The molecule has 0 aliphatic heterocycles. The Balaban J connectivity index is 1.55. The Kier molecular flexibility index (Phi) is 5.01. The Morgan fingerprint density at radius 1 is 0.913 bits per heavy atom. The quantitative estimate of drug-likeness (QED) is 0.728. The second kappa shape index (κ2) is 7.36. The van der Waals surface area contributed by atoms with Gasteiger partial charge in [-0.05, 0) is 40.5 Å². The summed E-state index contributed by atoms with van der Waals surface area (Å²) in [5.74, 6) is -0.252. The van der Waals surface area contributed by atoms with Crippen LogP contribution in [-0.4, -0.2) is 17.8 Å². The highest BCUT2D eigenvalue weighted by Gasteiger charge is 2.06. The number of hydrogen-bond acceptors (Lipinski definition) is 2. The van der Waals surface area contributed by atoms with Gasteiger partial charge in [-0.15, -0.1) is 0 Å². The summed E-state index contributed by atoms with van der Waals surface area (Å²) in [7, 11) is 0. The van der Waals surface area contributed by atoms with Gasteiger partial charge in [-0.2, -0.15) is 0 Å². The molecular weight excluding hydrogens is 289 g/mol. The fourth-order valence-electron chi connectivity index (χ4n) is 2.78. The molecule has 1 unspecified atom stereocenters. The lowest BCUT2D eigenvalue weighted by molar-refractivity contribution is 0.171. The molecule has 0 aliphatic rings. The van der Waals surface area contributed by atoms with E-state index < -0.39 is 6.10 Å². The second-order valence-electron chi connectivity index (χ2n) is 5.75. The van der Waals surface area contributed by atoms with E-state index in [1.165, 1.54) is 28.5 Å². The molecule has 1 atom stereocenters. The summed E-state index contributed by atoms with van der Waals surface area (Å²) in [6.07, 6.45) is 0.0263. The predicted molar refractivity (Wildman–Crippen MR) is 91.8 cm³/mol. The number of halogens is 1. The summed E-state index contributed by atoms with van der Waals surface area (Å²) in [5, 5.41) is 15.9. The Labute approximate surface area is 135 Å². The molecule has 118 valence electrons. The van der Waals surface area contributed by atoms with E-state index in [1.54, 1.807) is 12.1 Å². The summed E-state index contributed by atoms with van der Waals surface area (Å²) < 4.78 is 12.9. The van der Waals surface area contributed by atoms with Crippen LogP contribution in [0.1, 0.15) is 11.1 Å². The maximum atomic E-state index is 12.9. The average Bonchev–Trinajstić information content (AvgIpc) is 2.57. The SMILES string of the molecule is OC(CNCc1cccc2ccccc12)Cc1ccc(F)cc1. The average molecular weight is 309 g/mol. The van der Waals surface area contributed by atoms with Crippen LogP contribution in [0.2, 0.25) is 0 Å². The summed E-state index contributed by atoms with van der Waals surface area (Å²) in [4.78, 5) is 0. The van der Waals surface area contributed by atoms with E-state index in [0.717, 1.165) is 5.56 Å². The van der Waals surface area contributed by atoms with Crippen LogP contribution in [0.3, 0.4) is 0 Å². The number of rotatable bonds is 6. The maximum absolute atomic E-state index is 12.9. The van der Waals surface area contributed by atoms with Gasteiger partial charge in [0.05, 0.1) is 6.10 Å². The van der Waals surface area contributed by atoms with Crippen LogP contribution in [-0.2, 0) is 13.0 Å². The maximum Gasteiger partial charge on any atom is 0.123 e. The van der Waals surface area contributed by atoms with Gasteiger partial charge in [-0.1, -0.05) is 54.6 Å². The molecule has 3 aromatic rings. The third-order valence-corrected chi connectivity index (χ3v) is 3.96. The lowest BCUT2D eigenvalue weighted by Gasteiger charge is -2.13. The van der Waals surface area contributed by atoms with Crippen LogP contribution in [0.25, 0.3) is 10.8 Å². The largest absolute Gasteiger partial charge is 0.391 e. The van der Waals surface area contributed by atoms with Gasteiger partial charge >= 0.3 is 0 Å². The zero-order chi connectivity index (χ0) is 16.1. The predicted octanol–water partition coefficient (Wildman–Crippen LogP) is 3.67.